The van der Waals surface area contributed by atoms with Crippen molar-refractivity contribution in [3.63, 3.8) is 0 Å². The van der Waals surface area contributed by atoms with Gasteiger partial charge >= 0.3 is 0 Å². The molecule has 31 heavy (non-hydrogen) atoms. The van der Waals surface area contributed by atoms with Gasteiger partial charge in [0, 0.05) is 17.7 Å². The van der Waals surface area contributed by atoms with Crippen molar-refractivity contribution in [3.8, 4) is 23.0 Å². The zero-order valence-corrected chi connectivity index (χ0v) is 18.3. The number of hydrogen-bond donors (Lipinski definition) is 1. The first-order chi connectivity index (χ1) is 15.3. The fourth-order valence-electron chi connectivity index (χ4n) is 4.15. The zero-order chi connectivity index (χ0) is 21.6. The van der Waals surface area contributed by atoms with Gasteiger partial charge in [0.25, 0.3) is 0 Å². The highest BCUT2D eigenvalue weighted by atomic mass is 16.5. The van der Waals surface area contributed by atoms with Gasteiger partial charge in [-0.3, -0.25) is 0 Å². The number of ether oxygens (including phenoxy) is 4. The maximum atomic E-state index is 6.32. The van der Waals surface area contributed by atoms with Crippen LogP contribution in [0.1, 0.15) is 35.2 Å². The molecular formula is C26H29NO4. The Bertz CT molecular complexity index is 1020. The van der Waals surface area contributed by atoms with Crippen LogP contribution >= 0.6 is 0 Å². The molecule has 5 heteroatoms. The number of fused-ring (bicyclic) bond motifs is 1. The van der Waals surface area contributed by atoms with Gasteiger partial charge in [-0.1, -0.05) is 48.5 Å². The molecule has 0 bridgehead atoms. The van der Waals surface area contributed by atoms with E-state index in [4.69, 9.17) is 18.9 Å². The third kappa shape index (κ3) is 4.32. The maximum absolute atomic E-state index is 6.32. The van der Waals surface area contributed by atoms with Crippen LogP contribution < -0.4 is 24.3 Å². The van der Waals surface area contributed by atoms with Gasteiger partial charge in [0.05, 0.1) is 26.9 Å². The SMILES string of the molecule is CCOc1c(OC)ccc2c1CCNC2c1cccc(OC)c1OCc1ccccc1. The summed E-state index contributed by atoms with van der Waals surface area (Å²) in [5, 5.41) is 3.66. The van der Waals surface area contributed by atoms with Crippen molar-refractivity contribution in [2.24, 2.45) is 0 Å². The van der Waals surface area contributed by atoms with E-state index in [0.29, 0.717) is 13.2 Å². The lowest BCUT2D eigenvalue weighted by molar-refractivity contribution is 0.278. The van der Waals surface area contributed by atoms with E-state index in [1.165, 1.54) is 11.1 Å². The molecule has 0 aliphatic carbocycles. The topological polar surface area (TPSA) is 49.0 Å². The van der Waals surface area contributed by atoms with Gasteiger partial charge in [-0.2, -0.15) is 0 Å². The first kappa shape index (κ1) is 21.1. The van der Waals surface area contributed by atoms with Gasteiger partial charge in [-0.05, 0) is 36.6 Å². The molecule has 4 rings (SSSR count). The lowest BCUT2D eigenvalue weighted by atomic mass is 9.88. The molecule has 0 fully saturated rings. The van der Waals surface area contributed by atoms with Crippen molar-refractivity contribution in [1.29, 1.82) is 0 Å². The van der Waals surface area contributed by atoms with Crippen LogP contribution in [0.25, 0.3) is 0 Å². The van der Waals surface area contributed by atoms with E-state index >= 15 is 0 Å². The van der Waals surface area contributed by atoms with Gasteiger partial charge in [0.2, 0.25) is 0 Å². The van der Waals surface area contributed by atoms with Crippen molar-refractivity contribution >= 4 is 0 Å². The van der Waals surface area contributed by atoms with Gasteiger partial charge in [0.15, 0.2) is 23.0 Å². The van der Waals surface area contributed by atoms with Crippen molar-refractivity contribution in [1.82, 2.24) is 5.32 Å². The molecule has 1 N–H and O–H groups in total. The van der Waals surface area contributed by atoms with Gasteiger partial charge in [0.1, 0.15) is 6.61 Å². The Balaban J connectivity index is 1.75. The largest absolute Gasteiger partial charge is 0.493 e. The van der Waals surface area contributed by atoms with Crippen molar-refractivity contribution in [2.75, 3.05) is 27.4 Å². The summed E-state index contributed by atoms with van der Waals surface area (Å²) in [6.45, 7) is 3.89. The molecule has 1 unspecified atom stereocenters. The molecule has 1 heterocycles. The van der Waals surface area contributed by atoms with E-state index in [1.807, 2.05) is 43.3 Å². The van der Waals surface area contributed by atoms with Crippen LogP contribution in [0.5, 0.6) is 23.0 Å². The predicted octanol–water partition coefficient (Wildman–Crippen LogP) is 4.92. The standard InChI is InChI=1S/C26H29NO4/c1-4-30-25-20-15-16-27-24(19(20)13-14-23(25)29-3)21-11-8-12-22(28-2)26(21)31-17-18-9-6-5-7-10-18/h5-14,24,27H,4,15-17H2,1-3H3. The summed E-state index contributed by atoms with van der Waals surface area (Å²) in [4.78, 5) is 0. The Morgan fingerprint density at radius 3 is 2.32 bits per heavy atom. The summed E-state index contributed by atoms with van der Waals surface area (Å²) in [6.07, 6.45) is 0.878. The highest BCUT2D eigenvalue weighted by molar-refractivity contribution is 5.58. The smallest absolute Gasteiger partial charge is 0.166 e. The Morgan fingerprint density at radius 2 is 1.58 bits per heavy atom. The van der Waals surface area contributed by atoms with Crippen molar-refractivity contribution in [2.45, 2.75) is 26.0 Å². The molecule has 0 saturated carbocycles. The van der Waals surface area contributed by atoms with Crippen molar-refractivity contribution in [3.05, 3.63) is 82.9 Å². The minimum absolute atomic E-state index is 0.0327. The molecule has 0 aromatic heterocycles. The molecular weight excluding hydrogens is 390 g/mol. The Labute approximate surface area is 183 Å². The lowest BCUT2D eigenvalue weighted by Gasteiger charge is -2.31. The summed E-state index contributed by atoms with van der Waals surface area (Å²) < 4.78 is 23.5. The van der Waals surface area contributed by atoms with Crippen molar-refractivity contribution < 1.29 is 18.9 Å². The molecule has 0 radical (unpaired) electrons. The highest BCUT2D eigenvalue weighted by Crippen LogP contribution is 2.44. The molecule has 0 saturated heterocycles. The Morgan fingerprint density at radius 1 is 0.806 bits per heavy atom. The maximum Gasteiger partial charge on any atom is 0.166 e. The lowest BCUT2D eigenvalue weighted by Crippen LogP contribution is -2.31. The Kier molecular flexibility index (Phi) is 6.63. The predicted molar refractivity (Wildman–Crippen MR) is 121 cm³/mol. The van der Waals surface area contributed by atoms with Crippen LogP contribution in [0.2, 0.25) is 0 Å². The summed E-state index contributed by atoms with van der Waals surface area (Å²) in [5.41, 5.74) is 4.51. The Hall–Kier alpha value is -3.18. The minimum Gasteiger partial charge on any atom is -0.493 e. The number of hydrogen-bond acceptors (Lipinski definition) is 5. The summed E-state index contributed by atoms with van der Waals surface area (Å²) in [6, 6.07) is 20.3. The van der Waals surface area contributed by atoms with E-state index in [1.54, 1.807) is 14.2 Å². The number of methoxy groups -OCH3 is 2. The molecule has 5 nitrogen and oxygen atoms in total. The second kappa shape index (κ2) is 9.75. The number of nitrogens with one attached hydrogen (secondary N) is 1. The van der Waals surface area contributed by atoms with Gasteiger partial charge in [-0.15, -0.1) is 0 Å². The van der Waals surface area contributed by atoms with E-state index in [2.05, 4.69) is 29.6 Å². The molecule has 1 atom stereocenters. The monoisotopic (exact) mass is 419 g/mol. The molecule has 162 valence electrons. The second-order valence-corrected chi connectivity index (χ2v) is 7.39. The highest BCUT2D eigenvalue weighted by Gasteiger charge is 2.29. The first-order valence-electron chi connectivity index (χ1n) is 10.7. The van der Waals surface area contributed by atoms with E-state index in [-0.39, 0.29) is 6.04 Å². The van der Waals surface area contributed by atoms with Crippen LogP contribution in [0.15, 0.2) is 60.7 Å². The number of para-hydroxylation sites is 1. The molecule has 1 aliphatic rings. The normalized spacial score (nSPS) is 15.1. The summed E-state index contributed by atoms with van der Waals surface area (Å²) in [7, 11) is 3.36. The zero-order valence-electron chi connectivity index (χ0n) is 18.3. The van der Waals surface area contributed by atoms with Crippen LogP contribution in [0.3, 0.4) is 0 Å². The fraction of sp³-hybridized carbons (Fsp3) is 0.308. The van der Waals surface area contributed by atoms with Crippen LogP contribution in [-0.2, 0) is 13.0 Å². The summed E-state index contributed by atoms with van der Waals surface area (Å²) >= 11 is 0. The van der Waals surface area contributed by atoms with Crippen LogP contribution in [0.4, 0.5) is 0 Å². The molecule has 3 aromatic carbocycles. The average Bonchev–Trinajstić information content (AvgIpc) is 2.83. The number of benzene rings is 3. The van der Waals surface area contributed by atoms with Gasteiger partial charge < -0.3 is 24.3 Å². The average molecular weight is 420 g/mol. The van der Waals surface area contributed by atoms with Crippen LogP contribution in [0, 0.1) is 0 Å². The molecule has 1 aliphatic heterocycles. The van der Waals surface area contributed by atoms with E-state index < -0.39 is 0 Å². The number of rotatable bonds is 8. The third-order valence-corrected chi connectivity index (χ3v) is 5.57. The second-order valence-electron chi connectivity index (χ2n) is 7.39. The molecule has 0 spiro atoms. The van der Waals surface area contributed by atoms with E-state index in [0.717, 1.165) is 47.1 Å². The van der Waals surface area contributed by atoms with Crippen LogP contribution in [-0.4, -0.2) is 27.4 Å². The molecule has 0 amide bonds. The van der Waals surface area contributed by atoms with Gasteiger partial charge in [-0.25, -0.2) is 0 Å². The third-order valence-electron chi connectivity index (χ3n) is 5.57. The fourth-order valence-corrected chi connectivity index (χ4v) is 4.15. The summed E-state index contributed by atoms with van der Waals surface area (Å²) in [5.74, 6) is 3.09. The van der Waals surface area contributed by atoms with E-state index in [9.17, 15) is 0 Å². The quantitative estimate of drug-likeness (QED) is 0.562. The first-order valence-corrected chi connectivity index (χ1v) is 10.7. The molecule has 3 aromatic rings. The minimum atomic E-state index is -0.0327.